The second-order valence-electron chi connectivity index (χ2n) is 5.05. The first-order valence-electron chi connectivity index (χ1n) is 6.30. The lowest BCUT2D eigenvalue weighted by atomic mass is 10.2. The van der Waals surface area contributed by atoms with E-state index in [0.717, 1.165) is 42.0 Å². The van der Waals surface area contributed by atoms with E-state index in [2.05, 4.69) is 33.9 Å². The molecule has 0 bridgehead atoms. The van der Waals surface area contributed by atoms with Gasteiger partial charge in [-0.2, -0.15) is 0 Å². The highest BCUT2D eigenvalue weighted by atomic mass is 32.1. The third-order valence-electron chi connectivity index (χ3n) is 3.57. The summed E-state index contributed by atoms with van der Waals surface area (Å²) >= 11 is 1.42. The van der Waals surface area contributed by atoms with Gasteiger partial charge in [-0.3, -0.25) is 4.79 Å². The van der Waals surface area contributed by atoms with Crippen molar-refractivity contribution >= 4 is 33.8 Å². The maximum atomic E-state index is 10.8. The van der Waals surface area contributed by atoms with E-state index in [0.29, 0.717) is 10.9 Å². The zero-order chi connectivity index (χ0) is 13.4. The van der Waals surface area contributed by atoms with Crippen molar-refractivity contribution < 1.29 is 4.79 Å². The van der Waals surface area contributed by atoms with Crippen molar-refractivity contribution in [2.45, 2.75) is 12.5 Å². The van der Waals surface area contributed by atoms with E-state index >= 15 is 0 Å². The van der Waals surface area contributed by atoms with Crippen molar-refractivity contribution in [1.82, 2.24) is 14.9 Å². The third kappa shape index (κ3) is 2.33. The van der Waals surface area contributed by atoms with Gasteiger partial charge >= 0.3 is 0 Å². The molecule has 2 aromatic rings. The molecule has 1 unspecified atom stereocenters. The van der Waals surface area contributed by atoms with Gasteiger partial charge in [0.2, 0.25) is 5.95 Å². The summed E-state index contributed by atoms with van der Waals surface area (Å²) in [4.78, 5) is 25.8. The highest BCUT2D eigenvalue weighted by Crippen LogP contribution is 2.25. The van der Waals surface area contributed by atoms with Crippen molar-refractivity contribution in [1.29, 1.82) is 0 Å². The summed E-state index contributed by atoms with van der Waals surface area (Å²) in [6.07, 6.45) is 3.81. The summed E-state index contributed by atoms with van der Waals surface area (Å²) in [6, 6.07) is 2.40. The smallest absolute Gasteiger partial charge is 0.226 e. The van der Waals surface area contributed by atoms with Crippen LogP contribution in [0.5, 0.6) is 0 Å². The standard InChI is InChI=1S/C13H16N4OS/c1-16(2)10-3-4-17(7-10)13-14-6-9-5-11(8-18)19-12(9)15-13/h5-6,8,10H,3-4,7H2,1-2H3. The highest BCUT2D eigenvalue weighted by molar-refractivity contribution is 7.20. The Bertz CT molecular complexity index is 610. The molecule has 1 aliphatic rings. The molecule has 1 atom stereocenters. The van der Waals surface area contributed by atoms with Crippen molar-refractivity contribution in [2.75, 3.05) is 32.1 Å². The van der Waals surface area contributed by atoms with Gasteiger partial charge in [-0.1, -0.05) is 0 Å². The van der Waals surface area contributed by atoms with Crippen LogP contribution in [0.15, 0.2) is 12.3 Å². The lowest BCUT2D eigenvalue weighted by Gasteiger charge is -2.20. The van der Waals surface area contributed by atoms with Crippen molar-refractivity contribution in [2.24, 2.45) is 0 Å². The number of anilines is 1. The Hall–Kier alpha value is -1.53. The molecule has 0 aliphatic carbocycles. The molecule has 3 rings (SSSR count). The summed E-state index contributed by atoms with van der Waals surface area (Å²) in [5.41, 5.74) is 0. The maximum absolute atomic E-state index is 10.8. The van der Waals surface area contributed by atoms with Gasteiger partial charge in [0.25, 0.3) is 0 Å². The van der Waals surface area contributed by atoms with Crippen LogP contribution in [0.4, 0.5) is 5.95 Å². The first-order valence-corrected chi connectivity index (χ1v) is 7.12. The first kappa shape index (κ1) is 12.5. The van der Waals surface area contributed by atoms with Gasteiger partial charge in [0.1, 0.15) is 4.83 Å². The topological polar surface area (TPSA) is 49.3 Å². The van der Waals surface area contributed by atoms with Gasteiger partial charge in [-0.25, -0.2) is 9.97 Å². The van der Waals surface area contributed by atoms with Crippen LogP contribution in [0.25, 0.3) is 10.2 Å². The molecule has 1 fully saturated rings. The minimum atomic E-state index is 0.563. The Morgan fingerprint density at radius 2 is 2.37 bits per heavy atom. The summed E-state index contributed by atoms with van der Waals surface area (Å²) in [5.74, 6) is 0.774. The number of fused-ring (bicyclic) bond motifs is 1. The van der Waals surface area contributed by atoms with Gasteiger partial charge in [0, 0.05) is 30.7 Å². The molecule has 0 aromatic carbocycles. The maximum Gasteiger partial charge on any atom is 0.226 e. The zero-order valence-electron chi connectivity index (χ0n) is 11.0. The fraction of sp³-hybridized carbons (Fsp3) is 0.462. The normalized spacial score (nSPS) is 19.5. The van der Waals surface area contributed by atoms with E-state index in [1.54, 1.807) is 0 Å². The summed E-state index contributed by atoms with van der Waals surface area (Å²) in [5, 5.41) is 0.944. The Morgan fingerprint density at radius 1 is 1.53 bits per heavy atom. The number of aromatic nitrogens is 2. The molecule has 5 nitrogen and oxygen atoms in total. The monoisotopic (exact) mass is 276 g/mol. The van der Waals surface area contributed by atoms with Gasteiger partial charge in [-0.05, 0) is 26.6 Å². The number of likely N-dealkylation sites (N-methyl/N-ethyl adjacent to an activating group) is 1. The molecule has 6 heteroatoms. The molecule has 1 aliphatic heterocycles. The second kappa shape index (κ2) is 4.86. The molecule has 100 valence electrons. The molecule has 3 heterocycles. The van der Waals surface area contributed by atoms with Crippen LogP contribution in [0.1, 0.15) is 16.1 Å². The molecule has 2 aromatic heterocycles. The molecular formula is C13H16N4OS. The average molecular weight is 276 g/mol. The van der Waals surface area contributed by atoms with Gasteiger partial charge in [-0.15, -0.1) is 11.3 Å². The molecule has 0 radical (unpaired) electrons. The minimum absolute atomic E-state index is 0.563. The van der Waals surface area contributed by atoms with Crippen LogP contribution in [0.2, 0.25) is 0 Å². The summed E-state index contributed by atoms with van der Waals surface area (Å²) in [7, 11) is 4.21. The number of nitrogens with zero attached hydrogens (tertiary/aromatic N) is 4. The van der Waals surface area contributed by atoms with Crippen LogP contribution < -0.4 is 4.90 Å². The van der Waals surface area contributed by atoms with E-state index < -0.39 is 0 Å². The Kier molecular flexibility index (Phi) is 3.20. The summed E-state index contributed by atoms with van der Waals surface area (Å²) in [6.45, 7) is 1.95. The minimum Gasteiger partial charge on any atom is -0.339 e. The molecule has 1 saturated heterocycles. The molecule has 0 spiro atoms. The van der Waals surface area contributed by atoms with Crippen molar-refractivity contribution in [3.05, 3.63) is 17.1 Å². The fourth-order valence-corrected chi connectivity index (χ4v) is 3.21. The van der Waals surface area contributed by atoms with Crippen LogP contribution in [-0.2, 0) is 0 Å². The second-order valence-corrected chi connectivity index (χ2v) is 6.11. The van der Waals surface area contributed by atoms with E-state index in [1.807, 2.05) is 12.3 Å². The van der Waals surface area contributed by atoms with Gasteiger partial charge < -0.3 is 9.80 Å². The molecule has 19 heavy (non-hydrogen) atoms. The van der Waals surface area contributed by atoms with Crippen LogP contribution >= 0.6 is 11.3 Å². The Labute approximate surface area is 115 Å². The molecule has 0 amide bonds. The predicted octanol–water partition coefficient (Wildman–Crippen LogP) is 1.64. The van der Waals surface area contributed by atoms with E-state index in [-0.39, 0.29) is 0 Å². The lowest BCUT2D eigenvalue weighted by molar-refractivity contribution is 0.112. The first-order chi connectivity index (χ1) is 9.17. The quantitative estimate of drug-likeness (QED) is 0.798. The molecular weight excluding hydrogens is 260 g/mol. The molecule has 0 saturated carbocycles. The number of thiophene rings is 1. The van der Waals surface area contributed by atoms with Crippen LogP contribution in [0, 0.1) is 0 Å². The predicted molar refractivity (Wildman–Crippen MR) is 77.1 cm³/mol. The summed E-state index contributed by atoms with van der Waals surface area (Å²) < 4.78 is 0. The fourth-order valence-electron chi connectivity index (χ4n) is 2.40. The SMILES string of the molecule is CN(C)C1CCN(c2ncc3cc(C=O)sc3n2)C1. The van der Waals surface area contributed by atoms with Gasteiger partial charge in [0.05, 0.1) is 4.88 Å². The largest absolute Gasteiger partial charge is 0.339 e. The van der Waals surface area contributed by atoms with Crippen molar-refractivity contribution in [3.63, 3.8) is 0 Å². The Morgan fingerprint density at radius 3 is 3.05 bits per heavy atom. The van der Waals surface area contributed by atoms with E-state index in [4.69, 9.17) is 0 Å². The third-order valence-corrected chi connectivity index (χ3v) is 4.54. The lowest BCUT2D eigenvalue weighted by Crippen LogP contribution is -2.32. The number of carbonyl (C=O) groups excluding carboxylic acids is 1. The number of hydrogen-bond acceptors (Lipinski definition) is 6. The van der Waals surface area contributed by atoms with E-state index in [1.165, 1.54) is 11.3 Å². The van der Waals surface area contributed by atoms with Crippen LogP contribution in [0.3, 0.4) is 0 Å². The molecule has 0 N–H and O–H groups in total. The van der Waals surface area contributed by atoms with Crippen LogP contribution in [-0.4, -0.2) is 54.4 Å². The zero-order valence-corrected chi connectivity index (χ0v) is 11.9. The number of rotatable bonds is 3. The van der Waals surface area contributed by atoms with Gasteiger partial charge in [0.15, 0.2) is 6.29 Å². The van der Waals surface area contributed by atoms with Crippen molar-refractivity contribution in [3.8, 4) is 0 Å². The Balaban J connectivity index is 1.87. The number of hydrogen-bond donors (Lipinski definition) is 0. The highest BCUT2D eigenvalue weighted by Gasteiger charge is 2.25. The number of aldehydes is 1. The van der Waals surface area contributed by atoms with E-state index in [9.17, 15) is 4.79 Å². The number of carbonyl (C=O) groups is 1. The average Bonchev–Trinajstić information content (AvgIpc) is 3.04.